The number of hydrogen-bond acceptors (Lipinski definition) is 20. The summed E-state index contributed by atoms with van der Waals surface area (Å²) in [7, 11) is -5.31. The summed E-state index contributed by atoms with van der Waals surface area (Å²) in [4.78, 5) is 71.2. The average molecular weight is 704 g/mol. The molecule has 3 saturated heterocycles. The first kappa shape index (κ1) is 31.4. The second-order valence-electron chi connectivity index (χ2n) is 10.3. The number of phosphoric acid groups is 1. The molecule has 7 rings (SSSR count). The van der Waals surface area contributed by atoms with Crippen LogP contribution in [0.4, 0.5) is 11.9 Å². The average Bonchev–Trinajstić information content (AvgIpc) is 3.72. The summed E-state index contributed by atoms with van der Waals surface area (Å²) in [6, 6.07) is 0. The van der Waals surface area contributed by atoms with Crippen LogP contribution >= 0.6 is 14.5 Å². The summed E-state index contributed by atoms with van der Waals surface area (Å²) in [5.41, 5.74) is 9.39. The van der Waals surface area contributed by atoms with Gasteiger partial charge in [0.05, 0.1) is 25.9 Å². The molecule has 4 aromatic rings. The van der Waals surface area contributed by atoms with Crippen molar-refractivity contribution < 1.29 is 52.1 Å². The van der Waals surface area contributed by atoms with E-state index in [4.69, 9.17) is 50.8 Å². The third-order valence-corrected chi connectivity index (χ3v) is 9.87. The molecule has 8 N–H and O–H groups in total. The molecule has 26 heteroatoms. The van der Waals surface area contributed by atoms with Crippen molar-refractivity contribution in [3.8, 4) is 0 Å². The number of ether oxygens (including phenoxy) is 2. The van der Waals surface area contributed by atoms with Gasteiger partial charge in [0.25, 0.3) is 18.9 Å². The number of nitrogens with zero attached hydrogens (tertiary/aromatic N) is 6. The van der Waals surface area contributed by atoms with Crippen molar-refractivity contribution in [3.63, 3.8) is 0 Å². The van der Waals surface area contributed by atoms with Gasteiger partial charge in [-0.05, 0) is 0 Å². The number of imidazole rings is 2. The van der Waals surface area contributed by atoms with E-state index >= 15 is 0 Å². The Kier molecular flexibility index (Phi) is 7.64. The van der Waals surface area contributed by atoms with E-state index in [-0.39, 0.29) is 34.2 Å². The van der Waals surface area contributed by atoms with E-state index in [1.54, 1.807) is 0 Å². The number of aromatic nitrogens is 8. The number of nitrogens with two attached hydrogens (primary N) is 2. The maximum Gasteiger partial charge on any atom is 0.280 e. The standard InChI is InChI=1S/C20H24N10O13P2S/c21-19-25-13-7(15(33)27-19)23-3-29(13)17-9(31)11-6(41-17)2-39-45(37,46)43-12-5(1-38-44(35,36)42-11)40-18(10(12)32)30-4-24-8-14(30)26-20(22)28-16(8)34/h3-6,9-12,17-18,31-32H,1-2H2,(H,35,36)(H,37,46)(H3,21,25,27,33)(H3,22,26,28,34)/p-2/t5-,6-,9-,10-,11-,12-,17-,18-,45?/m1/s1. The highest BCUT2D eigenvalue weighted by Crippen LogP contribution is 2.51. The van der Waals surface area contributed by atoms with Crippen molar-refractivity contribution >= 4 is 60.6 Å². The van der Waals surface area contributed by atoms with Gasteiger partial charge in [-0.15, -0.1) is 0 Å². The predicted octanol–water partition coefficient (Wildman–Crippen LogP) is -4.20. The SMILES string of the molecule is Nc1nc2c(ncn2[C@@H]2O[C@@H]3COP([O-])(=S)O[C@H]4[C@@H](O)[C@H](n5cnc6c(=O)[nH]c(N)nc65)O[C@@H]4COP(=O)([O-])O[C@H]3[C@H]2O)c(=O)[nH]1. The van der Waals surface area contributed by atoms with Gasteiger partial charge in [-0.2, -0.15) is 9.97 Å². The zero-order valence-electron chi connectivity index (χ0n) is 22.7. The molecule has 2 unspecified atom stereocenters. The molecule has 0 saturated carbocycles. The van der Waals surface area contributed by atoms with Gasteiger partial charge in [-0.25, -0.2) is 9.97 Å². The Hall–Kier alpha value is -3.22. The van der Waals surface area contributed by atoms with Crippen LogP contribution in [0.15, 0.2) is 22.2 Å². The van der Waals surface area contributed by atoms with Gasteiger partial charge in [0.1, 0.15) is 43.3 Å². The summed E-state index contributed by atoms with van der Waals surface area (Å²) in [5, 5.41) is 22.3. The Bertz CT molecular complexity index is 1910. The second-order valence-corrected chi connectivity index (χ2v) is 14.4. The first-order chi connectivity index (χ1) is 21.7. The van der Waals surface area contributed by atoms with Crippen molar-refractivity contribution in [1.82, 2.24) is 39.0 Å². The molecule has 23 nitrogen and oxygen atoms in total. The van der Waals surface area contributed by atoms with Crippen LogP contribution in [0, 0.1) is 0 Å². The first-order valence-electron chi connectivity index (χ1n) is 13.1. The van der Waals surface area contributed by atoms with Gasteiger partial charge >= 0.3 is 0 Å². The molecule has 46 heavy (non-hydrogen) atoms. The number of fused-ring (bicyclic) bond motifs is 4. The molecule has 0 aliphatic carbocycles. The zero-order chi connectivity index (χ0) is 32.7. The Labute approximate surface area is 258 Å². The van der Waals surface area contributed by atoms with Crippen molar-refractivity contribution in [2.24, 2.45) is 0 Å². The smallest absolute Gasteiger partial charge is 0.280 e. The van der Waals surface area contributed by atoms with Gasteiger partial charge in [0.2, 0.25) is 11.9 Å². The van der Waals surface area contributed by atoms with Crippen molar-refractivity contribution in [2.45, 2.75) is 49.1 Å². The molecule has 0 spiro atoms. The fraction of sp³-hybridized carbons (Fsp3) is 0.500. The maximum atomic E-state index is 13.3. The van der Waals surface area contributed by atoms with Crippen molar-refractivity contribution in [3.05, 3.63) is 33.4 Å². The zero-order valence-corrected chi connectivity index (χ0v) is 25.3. The van der Waals surface area contributed by atoms with Crippen LogP contribution in [0.1, 0.15) is 12.5 Å². The molecule has 3 fully saturated rings. The van der Waals surface area contributed by atoms with Gasteiger partial charge in [-0.3, -0.25) is 33.3 Å². The summed E-state index contributed by atoms with van der Waals surface area (Å²) in [6.07, 6.45) is -10.5. The van der Waals surface area contributed by atoms with Crippen LogP contribution in [0.5, 0.6) is 0 Å². The molecule has 7 heterocycles. The molecule has 0 amide bonds. The van der Waals surface area contributed by atoms with E-state index in [0.717, 1.165) is 21.8 Å². The van der Waals surface area contributed by atoms with Crippen LogP contribution in [0.2, 0.25) is 0 Å². The van der Waals surface area contributed by atoms with Crippen LogP contribution in [0.25, 0.3) is 22.3 Å². The Morgan fingerprint density at radius 1 is 0.848 bits per heavy atom. The number of hydrogen-bond donors (Lipinski definition) is 6. The van der Waals surface area contributed by atoms with Gasteiger partial charge in [0, 0.05) is 0 Å². The van der Waals surface area contributed by atoms with Crippen LogP contribution in [0.3, 0.4) is 0 Å². The van der Waals surface area contributed by atoms with E-state index < -0.39 is 88.0 Å². The lowest BCUT2D eigenvalue weighted by Crippen LogP contribution is -2.40. The minimum atomic E-state index is -5.31. The van der Waals surface area contributed by atoms with Gasteiger partial charge in [0.15, 0.2) is 34.8 Å². The van der Waals surface area contributed by atoms with E-state index in [1.165, 1.54) is 0 Å². The third-order valence-electron chi connectivity index (χ3n) is 7.36. The number of nitrogens with one attached hydrogen (secondary N) is 2. The number of rotatable bonds is 2. The minimum Gasteiger partial charge on any atom is -0.780 e. The Balaban J connectivity index is 1.18. The lowest BCUT2D eigenvalue weighted by Gasteiger charge is -2.36. The third kappa shape index (κ3) is 5.45. The lowest BCUT2D eigenvalue weighted by atomic mass is 10.1. The number of aromatic amines is 2. The van der Waals surface area contributed by atoms with Gasteiger partial charge < -0.3 is 59.0 Å². The molecular weight excluding hydrogens is 682 g/mol. The first-order valence-corrected chi connectivity index (χ1v) is 17.1. The highest BCUT2D eigenvalue weighted by molar-refractivity contribution is 8.06. The number of anilines is 2. The van der Waals surface area contributed by atoms with E-state index in [0.29, 0.717) is 0 Å². The maximum absolute atomic E-state index is 13.3. The molecule has 10 atom stereocenters. The fourth-order valence-electron chi connectivity index (χ4n) is 5.37. The normalized spacial score (nSPS) is 37.1. The summed E-state index contributed by atoms with van der Waals surface area (Å²) in [6.45, 7) is -6.15. The number of nitrogen functional groups attached to an aromatic ring is 2. The lowest BCUT2D eigenvalue weighted by molar-refractivity contribution is -0.239. The molecule has 3 aliphatic rings. The number of aliphatic hydroxyl groups is 2. The van der Waals surface area contributed by atoms with Gasteiger partial charge in [-0.1, -0.05) is 11.8 Å². The Morgan fingerprint density at radius 3 is 1.80 bits per heavy atom. The molecular formula is C20H22N10O13P2S-2. The molecule has 0 aromatic carbocycles. The van der Waals surface area contributed by atoms with Crippen LogP contribution in [-0.2, 0) is 43.9 Å². The Morgan fingerprint density at radius 2 is 1.30 bits per heavy atom. The fourth-order valence-corrected chi connectivity index (χ4v) is 7.75. The number of H-pyrrole nitrogens is 2. The molecule has 4 aromatic heterocycles. The van der Waals surface area contributed by atoms with E-state index in [1.807, 2.05) is 0 Å². The van der Waals surface area contributed by atoms with Crippen LogP contribution < -0.4 is 32.4 Å². The molecule has 0 radical (unpaired) electrons. The molecule has 248 valence electrons. The minimum absolute atomic E-state index is 0.0964. The van der Waals surface area contributed by atoms with Crippen LogP contribution in [-0.4, -0.2) is 99.1 Å². The quantitative estimate of drug-likeness (QED) is 0.108. The highest BCUT2D eigenvalue weighted by atomic mass is 32.5. The van der Waals surface area contributed by atoms with E-state index in [9.17, 15) is 34.2 Å². The molecule has 3 aliphatic heterocycles. The van der Waals surface area contributed by atoms with Crippen molar-refractivity contribution in [2.75, 3.05) is 24.7 Å². The second kappa shape index (κ2) is 11.2. The predicted molar refractivity (Wildman–Crippen MR) is 148 cm³/mol. The van der Waals surface area contributed by atoms with E-state index in [2.05, 4.69) is 29.9 Å². The summed E-state index contributed by atoms with van der Waals surface area (Å²) in [5.74, 6) is -0.537. The van der Waals surface area contributed by atoms with Crippen molar-refractivity contribution in [1.29, 1.82) is 0 Å². The largest absolute Gasteiger partial charge is 0.780 e. The summed E-state index contributed by atoms with van der Waals surface area (Å²) >= 11 is 5.04. The molecule has 0 bridgehead atoms. The monoisotopic (exact) mass is 704 g/mol. The highest BCUT2D eigenvalue weighted by Gasteiger charge is 2.51. The summed E-state index contributed by atoms with van der Waals surface area (Å²) < 4.78 is 47.9. The topological polar surface area (TPSA) is 338 Å². The number of phosphoric ester groups is 1. The number of aliphatic hydroxyl groups excluding tert-OH is 2.